The molecule has 1 rings (SSSR count). The van der Waals surface area contributed by atoms with E-state index in [0.29, 0.717) is 11.6 Å². The van der Waals surface area contributed by atoms with Crippen molar-refractivity contribution in [2.45, 2.75) is 32.7 Å². The number of anilines is 1. The molecule has 0 heterocycles. The second-order valence-electron chi connectivity index (χ2n) is 3.35. The molecule has 0 aromatic heterocycles. The molecule has 0 fully saturated rings. The minimum Gasteiger partial charge on any atom is -0.382 e. The lowest BCUT2D eigenvalue weighted by molar-refractivity contribution is 0.672. The Kier molecular flexibility index (Phi) is 4.00. The molecule has 14 heavy (non-hydrogen) atoms. The van der Waals surface area contributed by atoms with Crippen LogP contribution in [-0.4, -0.2) is 6.04 Å². The van der Waals surface area contributed by atoms with Crippen molar-refractivity contribution in [3.8, 4) is 6.07 Å². The minimum absolute atomic E-state index is 0.530. The highest BCUT2D eigenvalue weighted by atomic mass is 14.9. The van der Waals surface area contributed by atoms with Crippen molar-refractivity contribution in [1.82, 2.24) is 0 Å². The van der Waals surface area contributed by atoms with Crippen LogP contribution >= 0.6 is 0 Å². The van der Waals surface area contributed by atoms with Gasteiger partial charge in [-0.25, -0.2) is 0 Å². The van der Waals surface area contributed by atoms with Crippen LogP contribution in [0.5, 0.6) is 0 Å². The Morgan fingerprint density at radius 3 is 2.21 bits per heavy atom. The Morgan fingerprint density at radius 1 is 1.21 bits per heavy atom. The molecule has 0 saturated carbocycles. The van der Waals surface area contributed by atoms with Crippen molar-refractivity contribution in [2.24, 2.45) is 0 Å². The first kappa shape index (κ1) is 10.6. The Hall–Kier alpha value is -1.49. The third-order valence-electron chi connectivity index (χ3n) is 2.37. The Balaban J connectivity index is 2.64. The van der Waals surface area contributed by atoms with E-state index in [1.54, 1.807) is 0 Å². The van der Waals surface area contributed by atoms with Crippen molar-refractivity contribution in [3.63, 3.8) is 0 Å². The van der Waals surface area contributed by atoms with Crippen LogP contribution in [0.3, 0.4) is 0 Å². The van der Waals surface area contributed by atoms with Crippen LogP contribution in [0.15, 0.2) is 24.3 Å². The van der Waals surface area contributed by atoms with Gasteiger partial charge in [0.15, 0.2) is 0 Å². The average molecular weight is 188 g/mol. The van der Waals surface area contributed by atoms with Crippen LogP contribution in [0.4, 0.5) is 5.69 Å². The molecule has 0 bridgehead atoms. The maximum Gasteiger partial charge on any atom is 0.0991 e. The molecule has 0 atom stereocenters. The summed E-state index contributed by atoms with van der Waals surface area (Å²) in [5.74, 6) is 0. The lowest BCUT2D eigenvalue weighted by atomic mass is 10.1. The fraction of sp³-hybridized carbons (Fsp3) is 0.417. The van der Waals surface area contributed by atoms with E-state index in [-0.39, 0.29) is 0 Å². The summed E-state index contributed by atoms with van der Waals surface area (Å²) in [5.41, 5.74) is 1.80. The quantitative estimate of drug-likeness (QED) is 0.787. The third-order valence-corrected chi connectivity index (χ3v) is 2.37. The van der Waals surface area contributed by atoms with Crippen LogP contribution in [-0.2, 0) is 0 Å². The van der Waals surface area contributed by atoms with Crippen molar-refractivity contribution in [2.75, 3.05) is 5.32 Å². The SMILES string of the molecule is CCC(CC)Nc1ccc(C#N)cc1. The standard InChI is InChI=1S/C12H16N2/c1-3-11(4-2)14-12-7-5-10(9-13)6-8-12/h5-8,11,14H,3-4H2,1-2H3. The number of nitriles is 1. The van der Waals surface area contributed by atoms with Crippen LogP contribution in [0.1, 0.15) is 32.3 Å². The van der Waals surface area contributed by atoms with Crippen LogP contribution in [0, 0.1) is 11.3 Å². The van der Waals surface area contributed by atoms with Gasteiger partial charge in [-0.15, -0.1) is 0 Å². The minimum atomic E-state index is 0.530. The Bertz CT molecular complexity index is 304. The monoisotopic (exact) mass is 188 g/mol. The zero-order valence-corrected chi connectivity index (χ0v) is 8.75. The molecule has 1 aromatic carbocycles. The van der Waals surface area contributed by atoms with Crippen LogP contribution in [0.2, 0.25) is 0 Å². The summed E-state index contributed by atoms with van der Waals surface area (Å²) in [7, 11) is 0. The van der Waals surface area contributed by atoms with Gasteiger partial charge in [0.05, 0.1) is 11.6 Å². The lowest BCUT2D eigenvalue weighted by Gasteiger charge is -2.15. The topological polar surface area (TPSA) is 35.8 Å². The predicted octanol–water partition coefficient (Wildman–Crippen LogP) is 3.16. The van der Waals surface area contributed by atoms with E-state index in [1.807, 2.05) is 24.3 Å². The molecule has 0 saturated heterocycles. The number of nitrogens with zero attached hydrogens (tertiary/aromatic N) is 1. The summed E-state index contributed by atoms with van der Waals surface area (Å²) >= 11 is 0. The van der Waals surface area contributed by atoms with Crippen molar-refractivity contribution in [3.05, 3.63) is 29.8 Å². The van der Waals surface area contributed by atoms with E-state index in [0.717, 1.165) is 18.5 Å². The molecule has 0 aliphatic rings. The number of nitrogens with one attached hydrogen (secondary N) is 1. The molecular weight excluding hydrogens is 172 g/mol. The normalized spacial score (nSPS) is 9.86. The third kappa shape index (κ3) is 2.77. The number of hydrogen-bond donors (Lipinski definition) is 1. The second-order valence-corrected chi connectivity index (χ2v) is 3.35. The highest BCUT2D eigenvalue weighted by Gasteiger charge is 2.01. The number of benzene rings is 1. The van der Waals surface area contributed by atoms with Gasteiger partial charge in [-0.3, -0.25) is 0 Å². The Morgan fingerprint density at radius 2 is 1.79 bits per heavy atom. The van der Waals surface area contributed by atoms with Gasteiger partial charge >= 0.3 is 0 Å². The first-order chi connectivity index (χ1) is 6.80. The maximum atomic E-state index is 8.63. The zero-order chi connectivity index (χ0) is 10.4. The summed E-state index contributed by atoms with van der Waals surface area (Å²) in [5, 5.41) is 12.1. The molecule has 0 radical (unpaired) electrons. The lowest BCUT2D eigenvalue weighted by Crippen LogP contribution is -2.16. The molecule has 2 nitrogen and oxygen atoms in total. The van der Waals surface area contributed by atoms with Gasteiger partial charge in [0, 0.05) is 11.7 Å². The number of rotatable bonds is 4. The van der Waals surface area contributed by atoms with Gasteiger partial charge in [-0.05, 0) is 37.1 Å². The van der Waals surface area contributed by atoms with E-state index in [1.165, 1.54) is 0 Å². The molecular formula is C12H16N2. The number of hydrogen-bond acceptors (Lipinski definition) is 2. The smallest absolute Gasteiger partial charge is 0.0991 e. The molecule has 1 aromatic rings. The summed E-state index contributed by atoms with van der Waals surface area (Å²) < 4.78 is 0. The molecule has 1 N–H and O–H groups in total. The van der Waals surface area contributed by atoms with E-state index >= 15 is 0 Å². The zero-order valence-electron chi connectivity index (χ0n) is 8.75. The van der Waals surface area contributed by atoms with Crippen molar-refractivity contribution in [1.29, 1.82) is 5.26 Å². The van der Waals surface area contributed by atoms with E-state index in [4.69, 9.17) is 5.26 Å². The summed E-state index contributed by atoms with van der Waals surface area (Å²) in [6.45, 7) is 4.34. The van der Waals surface area contributed by atoms with Gasteiger partial charge in [0.1, 0.15) is 0 Å². The van der Waals surface area contributed by atoms with Gasteiger partial charge < -0.3 is 5.32 Å². The van der Waals surface area contributed by atoms with Gasteiger partial charge in [-0.1, -0.05) is 13.8 Å². The van der Waals surface area contributed by atoms with Gasteiger partial charge in [-0.2, -0.15) is 5.26 Å². The fourth-order valence-corrected chi connectivity index (χ4v) is 1.37. The highest BCUT2D eigenvalue weighted by Crippen LogP contribution is 2.12. The van der Waals surface area contributed by atoms with Gasteiger partial charge in [0.2, 0.25) is 0 Å². The first-order valence-corrected chi connectivity index (χ1v) is 5.06. The van der Waals surface area contributed by atoms with E-state index in [2.05, 4.69) is 25.2 Å². The maximum absolute atomic E-state index is 8.63. The molecule has 0 unspecified atom stereocenters. The molecule has 2 heteroatoms. The summed E-state index contributed by atoms with van der Waals surface area (Å²) in [4.78, 5) is 0. The van der Waals surface area contributed by atoms with E-state index in [9.17, 15) is 0 Å². The average Bonchev–Trinajstić information content (AvgIpc) is 2.26. The van der Waals surface area contributed by atoms with E-state index < -0.39 is 0 Å². The molecule has 0 aliphatic carbocycles. The second kappa shape index (κ2) is 5.29. The predicted molar refractivity (Wildman–Crippen MR) is 59.1 cm³/mol. The molecule has 0 amide bonds. The summed E-state index contributed by atoms with van der Waals surface area (Å²) in [6, 6.07) is 10.2. The fourth-order valence-electron chi connectivity index (χ4n) is 1.37. The van der Waals surface area contributed by atoms with Crippen molar-refractivity contribution < 1.29 is 0 Å². The van der Waals surface area contributed by atoms with Crippen molar-refractivity contribution >= 4 is 5.69 Å². The highest BCUT2D eigenvalue weighted by molar-refractivity contribution is 5.47. The van der Waals surface area contributed by atoms with Crippen LogP contribution < -0.4 is 5.32 Å². The molecule has 74 valence electrons. The first-order valence-electron chi connectivity index (χ1n) is 5.06. The largest absolute Gasteiger partial charge is 0.382 e. The Labute approximate surface area is 85.6 Å². The summed E-state index contributed by atoms with van der Waals surface area (Å²) in [6.07, 6.45) is 2.24. The van der Waals surface area contributed by atoms with Gasteiger partial charge in [0.25, 0.3) is 0 Å². The van der Waals surface area contributed by atoms with Crippen LogP contribution in [0.25, 0.3) is 0 Å². The molecule has 0 spiro atoms. The molecule has 0 aliphatic heterocycles.